The van der Waals surface area contributed by atoms with E-state index in [4.69, 9.17) is 5.73 Å². The molecule has 94 valence electrons. The minimum atomic E-state index is 0.597. The van der Waals surface area contributed by atoms with Crippen LogP contribution in [0.5, 0.6) is 0 Å². The summed E-state index contributed by atoms with van der Waals surface area (Å²) in [4.78, 5) is 0. The molecule has 3 nitrogen and oxygen atoms in total. The Labute approximate surface area is 108 Å². The first-order chi connectivity index (χ1) is 8.75. The Morgan fingerprint density at radius 2 is 2.06 bits per heavy atom. The maximum Gasteiger partial charge on any atom is 0.0568 e. The highest BCUT2D eigenvalue weighted by molar-refractivity contribution is 5.71. The lowest BCUT2D eigenvalue weighted by Gasteiger charge is -2.09. The highest BCUT2D eigenvalue weighted by Gasteiger charge is 2.18. The Balaban J connectivity index is 1.95. The highest BCUT2D eigenvalue weighted by Crippen LogP contribution is 2.32. The number of nitrogen functional groups attached to an aromatic ring is 1. The summed E-state index contributed by atoms with van der Waals surface area (Å²) < 4.78 is 2.13. The zero-order valence-corrected chi connectivity index (χ0v) is 10.8. The van der Waals surface area contributed by atoms with Crippen LogP contribution in [0.3, 0.4) is 0 Å². The van der Waals surface area contributed by atoms with E-state index in [9.17, 15) is 0 Å². The SMILES string of the molecule is Cc1c(N)cccc1-c1cnn(C2CCCC2)c1. The van der Waals surface area contributed by atoms with E-state index in [0.717, 1.165) is 11.3 Å². The zero-order valence-electron chi connectivity index (χ0n) is 10.8. The molecular weight excluding hydrogens is 222 g/mol. The van der Waals surface area contributed by atoms with E-state index >= 15 is 0 Å². The van der Waals surface area contributed by atoms with Gasteiger partial charge in [-0.15, -0.1) is 0 Å². The molecule has 1 heterocycles. The Bertz CT molecular complexity index is 551. The molecule has 1 fully saturated rings. The van der Waals surface area contributed by atoms with Gasteiger partial charge in [-0.3, -0.25) is 4.68 Å². The summed E-state index contributed by atoms with van der Waals surface area (Å²) in [6.45, 7) is 2.07. The summed E-state index contributed by atoms with van der Waals surface area (Å²) in [6, 6.07) is 6.66. The minimum absolute atomic E-state index is 0.597. The van der Waals surface area contributed by atoms with Crippen molar-refractivity contribution in [2.45, 2.75) is 38.6 Å². The third-order valence-electron chi connectivity index (χ3n) is 3.99. The van der Waals surface area contributed by atoms with E-state index in [2.05, 4.69) is 29.0 Å². The lowest BCUT2D eigenvalue weighted by Crippen LogP contribution is -2.04. The molecule has 3 heteroatoms. The van der Waals surface area contributed by atoms with Crippen molar-refractivity contribution < 1.29 is 0 Å². The normalized spacial score (nSPS) is 16.3. The maximum absolute atomic E-state index is 5.96. The molecule has 0 atom stereocenters. The summed E-state index contributed by atoms with van der Waals surface area (Å²) >= 11 is 0. The number of nitrogens with zero attached hydrogens (tertiary/aromatic N) is 2. The predicted molar refractivity (Wildman–Crippen MR) is 74.3 cm³/mol. The number of benzene rings is 1. The summed E-state index contributed by atoms with van der Waals surface area (Å²) in [6.07, 6.45) is 9.31. The Morgan fingerprint density at radius 1 is 1.28 bits per heavy atom. The molecule has 1 aliphatic rings. The van der Waals surface area contributed by atoms with E-state index in [1.165, 1.54) is 36.8 Å². The number of hydrogen-bond donors (Lipinski definition) is 1. The Morgan fingerprint density at radius 3 is 2.83 bits per heavy atom. The van der Waals surface area contributed by atoms with Crippen LogP contribution < -0.4 is 5.73 Å². The van der Waals surface area contributed by atoms with Gasteiger partial charge in [0, 0.05) is 17.4 Å². The van der Waals surface area contributed by atoms with Crippen LogP contribution in [0.1, 0.15) is 37.3 Å². The van der Waals surface area contributed by atoms with Crippen LogP contribution in [0.25, 0.3) is 11.1 Å². The van der Waals surface area contributed by atoms with Crippen molar-refractivity contribution in [3.05, 3.63) is 36.2 Å². The van der Waals surface area contributed by atoms with Crippen molar-refractivity contribution in [2.75, 3.05) is 5.73 Å². The predicted octanol–water partition coefficient (Wildman–Crippen LogP) is 3.56. The molecule has 0 bridgehead atoms. The van der Waals surface area contributed by atoms with E-state index < -0.39 is 0 Å². The van der Waals surface area contributed by atoms with Crippen LogP contribution in [0.2, 0.25) is 0 Å². The van der Waals surface area contributed by atoms with Crippen LogP contribution in [-0.2, 0) is 0 Å². The van der Waals surface area contributed by atoms with Gasteiger partial charge < -0.3 is 5.73 Å². The second-order valence-corrected chi connectivity index (χ2v) is 5.17. The number of anilines is 1. The molecule has 0 spiro atoms. The van der Waals surface area contributed by atoms with Gasteiger partial charge in [0.1, 0.15) is 0 Å². The lowest BCUT2D eigenvalue weighted by molar-refractivity contribution is 0.467. The van der Waals surface area contributed by atoms with Gasteiger partial charge >= 0.3 is 0 Å². The van der Waals surface area contributed by atoms with Gasteiger partial charge in [-0.2, -0.15) is 5.10 Å². The molecule has 0 saturated heterocycles. The van der Waals surface area contributed by atoms with Crippen LogP contribution in [0.4, 0.5) is 5.69 Å². The number of nitrogens with two attached hydrogens (primary N) is 1. The van der Waals surface area contributed by atoms with Crippen LogP contribution >= 0.6 is 0 Å². The topological polar surface area (TPSA) is 43.8 Å². The fourth-order valence-corrected chi connectivity index (χ4v) is 2.81. The molecule has 1 aromatic carbocycles. The van der Waals surface area contributed by atoms with Gasteiger partial charge in [0.15, 0.2) is 0 Å². The summed E-state index contributed by atoms with van der Waals surface area (Å²) in [7, 11) is 0. The first kappa shape index (κ1) is 11.3. The largest absolute Gasteiger partial charge is 0.398 e. The van der Waals surface area contributed by atoms with Crippen molar-refractivity contribution in [2.24, 2.45) is 0 Å². The first-order valence-electron chi connectivity index (χ1n) is 6.65. The van der Waals surface area contributed by atoms with E-state index in [-0.39, 0.29) is 0 Å². The van der Waals surface area contributed by atoms with Gasteiger partial charge in [-0.05, 0) is 37.0 Å². The molecule has 2 N–H and O–H groups in total. The molecule has 3 rings (SSSR count). The second kappa shape index (κ2) is 4.48. The first-order valence-corrected chi connectivity index (χ1v) is 6.65. The average molecular weight is 241 g/mol. The molecule has 2 aromatic rings. The molecule has 0 unspecified atom stereocenters. The summed E-state index contributed by atoms with van der Waals surface area (Å²) in [5, 5.41) is 4.52. The molecule has 0 radical (unpaired) electrons. The third kappa shape index (κ3) is 1.90. The maximum atomic E-state index is 5.96. The molecule has 0 aliphatic heterocycles. The monoisotopic (exact) mass is 241 g/mol. The van der Waals surface area contributed by atoms with E-state index in [1.54, 1.807) is 0 Å². The number of hydrogen-bond acceptors (Lipinski definition) is 2. The number of aromatic nitrogens is 2. The van der Waals surface area contributed by atoms with Crippen molar-refractivity contribution in [1.82, 2.24) is 9.78 Å². The average Bonchev–Trinajstić information content (AvgIpc) is 3.01. The molecule has 18 heavy (non-hydrogen) atoms. The Hall–Kier alpha value is -1.77. The van der Waals surface area contributed by atoms with Crippen molar-refractivity contribution >= 4 is 5.69 Å². The van der Waals surface area contributed by atoms with E-state index in [0.29, 0.717) is 6.04 Å². The van der Waals surface area contributed by atoms with Crippen molar-refractivity contribution in [3.8, 4) is 11.1 Å². The molecular formula is C15H19N3. The van der Waals surface area contributed by atoms with E-state index in [1.807, 2.05) is 18.3 Å². The smallest absolute Gasteiger partial charge is 0.0568 e. The van der Waals surface area contributed by atoms with Crippen LogP contribution in [0.15, 0.2) is 30.6 Å². The highest BCUT2D eigenvalue weighted by atomic mass is 15.3. The summed E-state index contributed by atoms with van der Waals surface area (Å²) in [5.74, 6) is 0. The quantitative estimate of drug-likeness (QED) is 0.817. The minimum Gasteiger partial charge on any atom is -0.398 e. The molecule has 1 aromatic heterocycles. The van der Waals surface area contributed by atoms with Gasteiger partial charge in [0.25, 0.3) is 0 Å². The van der Waals surface area contributed by atoms with Crippen LogP contribution in [-0.4, -0.2) is 9.78 Å². The van der Waals surface area contributed by atoms with Crippen LogP contribution in [0, 0.1) is 6.92 Å². The van der Waals surface area contributed by atoms with Crippen molar-refractivity contribution in [1.29, 1.82) is 0 Å². The number of rotatable bonds is 2. The zero-order chi connectivity index (χ0) is 12.5. The second-order valence-electron chi connectivity index (χ2n) is 5.17. The Kier molecular flexibility index (Phi) is 2.82. The van der Waals surface area contributed by atoms with Gasteiger partial charge in [-0.25, -0.2) is 0 Å². The van der Waals surface area contributed by atoms with Gasteiger partial charge in [0.2, 0.25) is 0 Å². The van der Waals surface area contributed by atoms with Gasteiger partial charge in [-0.1, -0.05) is 25.0 Å². The third-order valence-corrected chi connectivity index (χ3v) is 3.99. The fraction of sp³-hybridized carbons (Fsp3) is 0.400. The standard InChI is InChI=1S/C15H19N3/c1-11-14(7-4-8-15(11)16)12-9-17-18(10-12)13-5-2-3-6-13/h4,7-10,13H,2-3,5-6,16H2,1H3. The fourth-order valence-electron chi connectivity index (χ4n) is 2.81. The van der Waals surface area contributed by atoms with Gasteiger partial charge in [0.05, 0.1) is 12.2 Å². The molecule has 1 aliphatic carbocycles. The lowest BCUT2D eigenvalue weighted by atomic mass is 10.0. The molecule has 1 saturated carbocycles. The summed E-state index contributed by atoms with van der Waals surface area (Å²) in [5.41, 5.74) is 10.3. The molecule has 0 amide bonds. The van der Waals surface area contributed by atoms with Crippen molar-refractivity contribution in [3.63, 3.8) is 0 Å².